The standard InChI is InChI=1S/C24H33N5O2/c1-25-24(27-18-21(22-7-6-16-31-22)28-13-4-5-14-28)26-17-19-9-11-20(12-10-19)29-15-3-2-8-23(29)30/h6-7,9-12,16,21H,2-5,8,13-15,17-18H2,1H3,(H2,25,26,27). The molecule has 7 nitrogen and oxygen atoms in total. The van der Waals surface area contributed by atoms with Crippen LogP contribution in [-0.2, 0) is 11.3 Å². The number of hydrogen-bond donors (Lipinski definition) is 2. The molecule has 1 aromatic carbocycles. The molecule has 0 radical (unpaired) electrons. The number of nitrogens with one attached hydrogen (secondary N) is 2. The minimum atomic E-state index is 0.206. The number of carbonyl (C=O) groups is 1. The van der Waals surface area contributed by atoms with Gasteiger partial charge in [0.05, 0.1) is 12.3 Å². The average molecular weight is 424 g/mol. The molecule has 0 spiro atoms. The lowest BCUT2D eigenvalue weighted by Crippen LogP contribution is -2.42. The summed E-state index contributed by atoms with van der Waals surface area (Å²) in [7, 11) is 1.79. The molecule has 1 unspecified atom stereocenters. The van der Waals surface area contributed by atoms with Gasteiger partial charge in [-0.25, -0.2) is 0 Å². The molecule has 0 aliphatic carbocycles. The van der Waals surface area contributed by atoms with Crippen LogP contribution in [0.4, 0.5) is 5.69 Å². The highest BCUT2D eigenvalue weighted by Crippen LogP contribution is 2.25. The number of nitrogens with zero attached hydrogens (tertiary/aromatic N) is 3. The minimum Gasteiger partial charge on any atom is -0.468 e. The summed E-state index contributed by atoms with van der Waals surface area (Å²) < 4.78 is 5.70. The lowest BCUT2D eigenvalue weighted by atomic mass is 10.1. The number of piperidine rings is 1. The number of benzene rings is 1. The molecule has 0 bridgehead atoms. The van der Waals surface area contributed by atoms with Crippen molar-refractivity contribution in [3.63, 3.8) is 0 Å². The Balaban J connectivity index is 1.30. The van der Waals surface area contributed by atoms with E-state index in [4.69, 9.17) is 4.42 Å². The van der Waals surface area contributed by atoms with E-state index in [1.165, 1.54) is 12.8 Å². The van der Waals surface area contributed by atoms with Crippen LogP contribution in [0, 0.1) is 0 Å². The molecule has 4 rings (SSSR count). The molecular weight excluding hydrogens is 390 g/mol. The van der Waals surface area contributed by atoms with E-state index in [0.29, 0.717) is 13.0 Å². The Bertz CT molecular complexity index is 857. The molecule has 2 saturated heterocycles. The van der Waals surface area contributed by atoms with E-state index in [1.807, 2.05) is 23.1 Å². The summed E-state index contributed by atoms with van der Waals surface area (Å²) in [5.41, 5.74) is 2.14. The van der Waals surface area contributed by atoms with Gasteiger partial charge in [-0.1, -0.05) is 12.1 Å². The van der Waals surface area contributed by atoms with Crippen molar-refractivity contribution < 1.29 is 9.21 Å². The van der Waals surface area contributed by atoms with Gasteiger partial charge in [-0.3, -0.25) is 14.7 Å². The third kappa shape index (κ3) is 5.47. The maximum Gasteiger partial charge on any atom is 0.226 e. The van der Waals surface area contributed by atoms with E-state index in [1.54, 1.807) is 13.3 Å². The summed E-state index contributed by atoms with van der Waals surface area (Å²) >= 11 is 0. The van der Waals surface area contributed by atoms with Crippen LogP contribution in [-0.4, -0.2) is 50.0 Å². The predicted molar refractivity (Wildman–Crippen MR) is 123 cm³/mol. The summed E-state index contributed by atoms with van der Waals surface area (Å²) in [4.78, 5) is 20.9. The quantitative estimate of drug-likeness (QED) is 0.528. The van der Waals surface area contributed by atoms with Crippen molar-refractivity contribution in [1.82, 2.24) is 15.5 Å². The zero-order chi connectivity index (χ0) is 21.5. The molecule has 31 heavy (non-hydrogen) atoms. The number of hydrogen-bond acceptors (Lipinski definition) is 4. The van der Waals surface area contributed by atoms with E-state index in [0.717, 1.165) is 62.0 Å². The van der Waals surface area contributed by atoms with Crippen LogP contribution in [0.3, 0.4) is 0 Å². The second-order valence-corrected chi connectivity index (χ2v) is 8.25. The summed E-state index contributed by atoms with van der Waals surface area (Å²) in [6.07, 6.45) is 6.95. The van der Waals surface area contributed by atoms with Gasteiger partial charge in [0.15, 0.2) is 5.96 Å². The van der Waals surface area contributed by atoms with Crippen molar-refractivity contribution >= 4 is 17.6 Å². The Morgan fingerprint density at radius 3 is 2.52 bits per heavy atom. The summed E-state index contributed by atoms with van der Waals surface area (Å²) in [5.74, 6) is 1.99. The number of carbonyl (C=O) groups excluding carboxylic acids is 1. The van der Waals surface area contributed by atoms with Gasteiger partial charge in [-0.15, -0.1) is 0 Å². The summed E-state index contributed by atoms with van der Waals surface area (Å²) in [6.45, 7) is 4.43. The predicted octanol–water partition coefficient (Wildman–Crippen LogP) is 3.30. The van der Waals surface area contributed by atoms with Gasteiger partial charge in [0.25, 0.3) is 0 Å². The average Bonchev–Trinajstić information content (AvgIpc) is 3.52. The van der Waals surface area contributed by atoms with E-state index in [9.17, 15) is 4.79 Å². The molecule has 2 aromatic rings. The van der Waals surface area contributed by atoms with Gasteiger partial charge in [0.2, 0.25) is 5.91 Å². The van der Waals surface area contributed by atoms with Crippen molar-refractivity contribution in [3.8, 4) is 0 Å². The number of furan rings is 1. The first-order valence-corrected chi connectivity index (χ1v) is 11.4. The van der Waals surface area contributed by atoms with Gasteiger partial charge in [-0.2, -0.15) is 0 Å². The van der Waals surface area contributed by atoms with Gasteiger partial charge in [0, 0.05) is 38.8 Å². The first kappa shape index (κ1) is 21.4. The first-order valence-electron chi connectivity index (χ1n) is 11.4. The Labute approximate surface area is 184 Å². The van der Waals surface area contributed by atoms with Crippen molar-refractivity contribution in [1.29, 1.82) is 0 Å². The Hall–Kier alpha value is -2.80. The number of aliphatic imine (C=N–C) groups is 1. The Morgan fingerprint density at radius 2 is 1.84 bits per heavy atom. The third-order valence-electron chi connectivity index (χ3n) is 6.17. The maximum atomic E-state index is 12.1. The van der Waals surface area contributed by atoms with Crippen LogP contribution in [0.25, 0.3) is 0 Å². The SMILES string of the molecule is CN=C(NCc1ccc(N2CCCCC2=O)cc1)NCC(c1ccco1)N1CCCC1. The topological polar surface area (TPSA) is 73.1 Å². The van der Waals surface area contributed by atoms with Gasteiger partial charge in [-0.05, 0) is 68.6 Å². The number of rotatable bonds is 7. The highest BCUT2D eigenvalue weighted by Gasteiger charge is 2.25. The van der Waals surface area contributed by atoms with Crippen LogP contribution in [0.2, 0.25) is 0 Å². The van der Waals surface area contributed by atoms with Gasteiger partial charge >= 0.3 is 0 Å². The fraction of sp³-hybridized carbons (Fsp3) is 0.500. The molecule has 7 heteroatoms. The van der Waals surface area contributed by atoms with Crippen LogP contribution in [0.15, 0.2) is 52.1 Å². The lowest BCUT2D eigenvalue weighted by Gasteiger charge is -2.27. The minimum absolute atomic E-state index is 0.206. The lowest BCUT2D eigenvalue weighted by molar-refractivity contribution is -0.119. The number of guanidine groups is 1. The fourth-order valence-electron chi connectivity index (χ4n) is 4.42. The maximum absolute atomic E-state index is 12.1. The van der Waals surface area contributed by atoms with Crippen molar-refractivity contribution in [2.24, 2.45) is 4.99 Å². The number of anilines is 1. The van der Waals surface area contributed by atoms with Crippen molar-refractivity contribution in [3.05, 3.63) is 54.0 Å². The van der Waals surface area contributed by atoms with E-state index < -0.39 is 0 Å². The molecule has 2 fully saturated rings. The van der Waals surface area contributed by atoms with Crippen LogP contribution in [0.1, 0.15) is 49.5 Å². The Morgan fingerprint density at radius 1 is 1.06 bits per heavy atom. The van der Waals surface area contributed by atoms with E-state index in [-0.39, 0.29) is 11.9 Å². The third-order valence-corrected chi connectivity index (χ3v) is 6.17. The highest BCUT2D eigenvalue weighted by molar-refractivity contribution is 5.93. The molecule has 1 aromatic heterocycles. The molecule has 3 heterocycles. The van der Waals surface area contributed by atoms with Gasteiger partial charge in [0.1, 0.15) is 5.76 Å². The van der Waals surface area contributed by atoms with Gasteiger partial charge < -0.3 is 20.0 Å². The fourth-order valence-corrected chi connectivity index (χ4v) is 4.42. The van der Waals surface area contributed by atoms with E-state index in [2.05, 4.69) is 38.7 Å². The van der Waals surface area contributed by atoms with Crippen LogP contribution >= 0.6 is 0 Å². The zero-order valence-electron chi connectivity index (χ0n) is 18.3. The monoisotopic (exact) mass is 423 g/mol. The second-order valence-electron chi connectivity index (χ2n) is 8.25. The molecule has 1 amide bonds. The van der Waals surface area contributed by atoms with Crippen LogP contribution < -0.4 is 15.5 Å². The van der Waals surface area contributed by atoms with E-state index >= 15 is 0 Å². The Kier molecular flexibility index (Phi) is 7.25. The molecular formula is C24H33N5O2. The molecule has 0 saturated carbocycles. The normalized spacial score (nSPS) is 18.9. The summed E-state index contributed by atoms with van der Waals surface area (Å²) in [6, 6.07) is 12.4. The zero-order valence-corrected chi connectivity index (χ0v) is 18.3. The second kappa shape index (κ2) is 10.5. The highest BCUT2D eigenvalue weighted by atomic mass is 16.3. The molecule has 2 N–H and O–H groups in total. The largest absolute Gasteiger partial charge is 0.468 e. The molecule has 2 aliphatic heterocycles. The summed E-state index contributed by atoms with van der Waals surface area (Å²) in [5, 5.41) is 6.85. The van der Waals surface area contributed by atoms with Crippen molar-refractivity contribution in [2.45, 2.75) is 44.7 Å². The van der Waals surface area contributed by atoms with Crippen LogP contribution in [0.5, 0.6) is 0 Å². The smallest absolute Gasteiger partial charge is 0.226 e. The van der Waals surface area contributed by atoms with Crippen molar-refractivity contribution in [2.75, 3.05) is 38.1 Å². The molecule has 2 aliphatic rings. The number of amides is 1. The first-order chi connectivity index (χ1) is 15.2. The molecule has 166 valence electrons. The number of likely N-dealkylation sites (tertiary alicyclic amines) is 1. The molecule has 1 atom stereocenters.